The van der Waals surface area contributed by atoms with Gasteiger partial charge in [-0.1, -0.05) is 24.8 Å². The molecule has 0 unspecified atom stereocenters. The molecule has 0 bridgehead atoms. The van der Waals surface area contributed by atoms with E-state index in [1.54, 1.807) is 19.9 Å². The van der Waals surface area contributed by atoms with Crippen molar-refractivity contribution in [2.24, 2.45) is 5.73 Å². The van der Waals surface area contributed by atoms with Crippen LogP contribution in [0.25, 0.3) is 0 Å². The van der Waals surface area contributed by atoms with Gasteiger partial charge in [-0.05, 0) is 32.4 Å². The van der Waals surface area contributed by atoms with Crippen molar-refractivity contribution >= 4 is 5.97 Å². The van der Waals surface area contributed by atoms with Gasteiger partial charge in [0, 0.05) is 11.3 Å². The molecule has 0 atom stereocenters. The zero-order valence-electron chi connectivity index (χ0n) is 10.1. The van der Waals surface area contributed by atoms with Crippen molar-refractivity contribution in [1.29, 1.82) is 0 Å². The van der Waals surface area contributed by atoms with Gasteiger partial charge in [-0.25, -0.2) is 4.79 Å². The van der Waals surface area contributed by atoms with Gasteiger partial charge in [0.05, 0.1) is 0 Å². The lowest BCUT2D eigenvalue weighted by atomic mass is 10.2. The first-order valence-corrected chi connectivity index (χ1v) is 5.05. The molecule has 0 aromatic rings. The standard InChI is InChI=1S/C13H19NO2/c1-5-12(8-6-7-11(4)14)9-16-13(15)10(2)3/h5-8H,2,9,14H2,1,3-4H3/b8-6-,11-7+,12-5+. The molecule has 0 saturated heterocycles. The van der Waals surface area contributed by atoms with Crippen LogP contribution < -0.4 is 5.73 Å². The first kappa shape index (κ1) is 14.2. The molecule has 0 heterocycles. The molecule has 16 heavy (non-hydrogen) atoms. The first-order chi connectivity index (χ1) is 7.47. The van der Waals surface area contributed by atoms with Crippen LogP contribution in [0.5, 0.6) is 0 Å². The number of allylic oxidation sites excluding steroid dienone is 4. The molecular weight excluding hydrogens is 202 g/mol. The van der Waals surface area contributed by atoms with Gasteiger partial charge >= 0.3 is 5.97 Å². The normalized spacial score (nSPS) is 12.9. The number of hydrogen-bond acceptors (Lipinski definition) is 3. The molecule has 0 aromatic carbocycles. The Kier molecular flexibility index (Phi) is 6.68. The highest BCUT2D eigenvalue weighted by Crippen LogP contribution is 2.01. The summed E-state index contributed by atoms with van der Waals surface area (Å²) < 4.78 is 5.00. The second kappa shape index (κ2) is 7.51. The fourth-order valence-corrected chi connectivity index (χ4v) is 0.823. The van der Waals surface area contributed by atoms with Crippen molar-refractivity contribution in [2.75, 3.05) is 6.61 Å². The summed E-state index contributed by atoms with van der Waals surface area (Å²) in [7, 11) is 0. The average Bonchev–Trinajstić information content (AvgIpc) is 2.21. The summed E-state index contributed by atoms with van der Waals surface area (Å²) in [6.45, 7) is 9.06. The van der Waals surface area contributed by atoms with E-state index in [2.05, 4.69) is 6.58 Å². The molecule has 0 radical (unpaired) electrons. The number of carbonyl (C=O) groups is 1. The molecule has 0 aliphatic carbocycles. The zero-order valence-corrected chi connectivity index (χ0v) is 10.1. The highest BCUT2D eigenvalue weighted by Gasteiger charge is 2.02. The third kappa shape index (κ3) is 6.65. The quantitative estimate of drug-likeness (QED) is 0.441. The molecule has 2 N–H and O–H groups in total. The van der Waals surface area contributed by atoms with Crippen LogP contribution in [0.1, 0.15) is 20.8 Å². The van der Waals surface area contributed by atoms with Crippen LogP contribution in [0.2, 0.25) is 0 Å². The molecule has 0 saturated carbocycles. The molecule has 0 fully saturated rings. The van der Waals surface area contributed by atoms with Gasteiger partial charge in [-0.3, -0.25) is 0 Å². The first-order valence-electron chi connectivity index (χ1n) is 5.05. The molecule has 0 aliphatic rings. The van der Waals surface area contributed by atoms with Crippen LogP contribution >= 0.6 is 0 Å². The lowest BCUT2D eigenvalue weighted by molar-refractivity contribution is -0.137. The molecule has 0 aromatic heterocycles. The van der Waals surface area contributed by atoms with Crippen LogP contribution in [0.3, 0.4) is 0 Å². The van der Waals surface area contributed by atoms with Crippen molar-refractivity contribution in [3.05, 3.63) is 47.7 Å². The Morgan fingerprint density at radius 1 is 1.44 bits per heavy atom. The molecule has 3 heteroatoms. The summed E-state index contributed by atoms with van der Waals surface area (Å²) in [4.78, 5) is 11.1. The molecule has 3 nitrogen and oxygen atoms in total. The Labute approximate surface area is 97.0 Å². The van der Waals surface area contributed by atoms with Crippen molar-refractivity contribution in [2.45, 2.75) is 20.8 Å². The Morgan fingerprint density at radius 2 is 2.06 bits per heavy atom. The Balaban J connectivity index is 4.24. The summed E-state index contributed by atoms with van der Waals surface area (Å²) in [6, 6.07) is 0. The number of hydrogen-bond donors (Lipinski definition) is 1. The van der Waals surface area contributed by atoms with Gasteiger partial charge in [0.15, 0.2) is 0 Å². The monoisotopic (exact) mass is 221 g/mol. The summed E-state index contributed by atoms with van der Waals surface area (Å²) >= 11 is 0. The summed E-state index contributed by atoms with van der Waals surface area (Å²) in [6.07, 6.45) is 7.33. The van der Waals surface area contributed by atoms with E-state index in [4.69, 9.17) is 10.5 Å². The second-order valence-corrected chi connectivity index (χ2v) is 3.49. The van der Waals surface area contributed by atoms with E-state index in [1.165, 1.54) is 0 Å². The minimum Gasteiger partial charge on any atom is -0.457 e. The third-order valence-electron chi connectivity index (χ3n) is 1.76. The largest absolute Gasteiger partial charge is 0.457 e. The average molecular weight is 221 g/mol. The van der Waals surface area contributed by atoms with Gasteiger partial charge in [-0.15, -0.1) is 0 Å². The molecule has 0 amide bonds. The van der Waals surface area contributed by atoms with Gasteiger partial charge in [0.1, 0.15) is 6.61 Å². The number of rotatable bonds is 5. The minimum absolute atomic E-state index is 0.246. The molecular formula is C13H19NO2. The molecule has 88 valence electrons. The van der Waals surface area contributed by atoms with Gasteiger partial charge < -0.3 is 10.5 Å². The second-order valence-electron chi connectivity index (χ2n) is 3.49. The van der Waals surface area contributed by atoms with Gasteiger partial charge in [0.2, 0.25) is 0 Å². The maximum Gasteiger partial charge on any atom is 0.333 e. The topological polar surface area (TPSA) is 52.3 Å². The SMILES string of the molecule is C=C(C)C(=O)OCC(/C=C\C=C(/C)N)=C/C. The third-order valence-corrected chi connectivity index (χ3v) is 1.76. The Hall–Kier alpha value is -1.77. The number of carbonyl (C=O) groups excluding carboxylic acids is 1. The predicted molar refractivity (Wildman–Crippen MR) is 66.6 cm³/mol. The van der Waals surface area contributed by atoms with Crippen molar-refractivity contribution in [1.82, 2.24) is 0 Å². The lowest BCUT2D eigenvalue weighted by Gasteiger charge is -2.04. The smallest absolute Gasteiger partial charge is 0.333 e. The number of ether oxygens (including phenoxy) is 1. The minimum atomic E-state index is -0.377. The van der Waals surface area contributed by atoms with Crippen LogP contribution in [0.15, 0.2) is 47.7 Å². The Bertz CT molecular complexity index is 345. The van der Waals surface area contributed by atoms with Crippen LogP contribution in [0.4, 0.5) is 0 Å². The van der Waals surface area contributed by atoms with Crippen molar-refractivity contribution in [3.8, 4) is 0 Å². The van der Waals surface area contributed by atoms with Crippen LogP contribution in [-0.2, 0) is 9.53 Å². The van der Waals surface area contributed by atoms with Gasteiger partial charge in [-0.2, -0.15) is 0 Å². The van der Waals surface area contributed by atoms with E-state index in [0.717, 1.165) is 11.3 Å². The fraction of sp³-hybridized carbons (Fsp3) is 0.308. The highest BCUT2D eigenvalue weighted by atomic mass is 16.5. The molecule has 0 aliphatic heterocycles. The zero-order chi connectivity index (χ0) is 12.6. The highest BCUT2D eigenvalue weighted by molar-refractivity contribution is 5.87. The van der Waals surface area contributed by atoms with Gasteiger partial charge in [0.25, 0.3) is 0 Å². The van der Waals surface area contributed by atoms with E-state index in [9.17, 15) is 4.79 Å². The van der Waals surface area contributed by atoms with E-state index in [0.29, 0.717) is 5.57 Å². The summed E-state index contributed by atoms with van der Waals surface area (Å²) in [5.41, 5.74) is 7.51. The Morgan fingerprint density at radius 3 is 2.50 bits per heavy atom. The fourth-order valence-electron chi connectivity index (χ4n) is 0.823. The van der Waals surface area contributed by atoms with E-state index < -0.39 is 0 Å². The predicted octanol–water partition coefficient (Wildman–Crippen LogP) is 2.47. The van der Waals surface area contributed by atoms with E-state index in [1.807, 2.05) is 25.2 Å². The van der Waals surface area contributed by atoms with E-state index >= 15 is 0 Å². The van der Waals surface area contributed by atoms with Crippen LogP contribution in [0, 0.1) is 0 Å². The van der Waals surface area contributed by atoms with Crippen LogP contribution in [-0.4, -0.2) is 12.6 Å². The molecule has 0 spiro atoms. The van der Waals surface area contributed by atoms with Crippen molar-refractivity contribution in [3.63, 3.8) is 0 Å². The van der Waals surface area contributed by atoms with Crippen molar-refractivity contribution < 1.29 is 9.53 Å². The lowest BCUT2D eigenvalue weighted by Crippen LogP contribution is -2.07. The maximum absolute atomic E-state index is 11.1. The summed E-state index contributed by atoms with van der Waals surface area (Å²) in [5, 5.41) is 0. The number of nitrogens with two attached hydrogens (primary N) is 1. The molecule has 0 rings (SSSR count). The maximum atomic E-state index is 11.1. The number of esters is 1. The summed E-state index contributed by atoms with van der Waals surface area (Å²) in [5.74, 6) is -0.377. The van der Waals surface area contributed by atoms with E-state index in [-0.39, 0.29) is 12.6 Å².